The van der Waals surface area contributed by atoms with E-state index in [0.717, 1.165) is 18.4 Å². The van der Waals surface area contributed by atoms with Crippen LogP contribution >= 0.6 is 11.6 Å². The number of hydrogen-bond acceptors (Lipinski definition) is 4. The Bertz CT molecular complexity index is 1060. The van der Waals surface area contributed by atoms with Crippen LogP contribution in [0.5, 0.6) is 0 Å². The number of hydrogen-bond donors (Lipinski definition) is 2. The number of amides is 2. The summed E-state index contributed by atoms with van der Waals surface area (Å²) < 4.78 is 5.19. The normalized spacial score (nSPS) is 13.2. The zero-order valence-corrected chi connectivity index (χ0v) is 15.9. The summed E-state index contributed by atoms with van der Waals surface area (Å²) in [6.45, 7) is 1.85. The van der Waals surface area contributed by atoms with Gasteiger partial charge in [-0.1, -0.05) is 41.0 Å². The summed E-state index contributed by atoms with van der Waals surface area (Å²) >= 11 is 6.17. The summed E-state index contributed by atoms with van der Waals surface area (Å²) in [5, 5.41) is 10.2. The van der Waals surface area contributed by atoms with Crippen molar-refractivity contribution in [3.63, 3.8) is 0 Å². The predicted molar refractivity (Wildman–Crippen MR) is 107 cm³/mol. The van der Waals surface area contributed by atoms with E-state index < -0.39 is 5.91 Å². The van der Waals surface area contributed by atoms with Gasteiger partial charge in [-0.25, -0.2) is 0 Å². The first-order chi connectivity index (χ1) is 13.5. The third kappa shape index (κ3) is 3.92. The van der Waals surface area contributed by atoms with Crippen LogP contribution in [0.4, 0.5) is 5.69 Å². The van der Waals surface area contributed by atoms with Crippen molar-refractivity contribution in [3.8, 4) is 11.3 Å². The molecule has 1 fully saturated rings. The van der Waals surface area contributed by atoms with Gasteiger partial charge in [0.15, 0.2) is 0 Å². The second-order valence-electron chi connectivity index (χ2n) is 6.79. The zero-order valence-electron chi connectivity index (χ0n) is 15.2. The van der Waals surface area contributed by atoms with Crippen molar-refractivity contribution < 1.29 is 14.1 Å². The van der Waals surface area contributed by atoms with Gasteiger partial charge in [0.25, 0.3) is 11.8 Å². The third-order valence-corrected chi connectivity index (χ3v) is 4.87. The van der Waals surface area contributed by atoms with Gasteiger partial charge in [-0.05, 0) is 43.5 Å². The molecule has 28 heavy (non-hydrogen) atoms. The van der Waals surface area contributed by atoms with Crippen molar-refractivity contribution in [2.75, 3.05) is 5.32 Å². The molecule has 0 bridgehead atoms. The zero-order chi connectivity index (χ0) is 19.7. The van der Waals surface area contributed by atoms with Gasteiger partial charge < -0.3 is 15.2 Å². The van der Waals surface area contributed by atoms with Crippen LogP contribution in [0.3, 0.4) is 0 Å². The number of rotatable bonds is 5. The van der Waals surface area contributed by atoms with Crippen LogP contribution in [0, 0.1) is 6.92 Å². The molecule has 0 saturated heterocycles. The summed E-state index contributed by atoms with van der Waals surface area (Å²) in [6, 6.07) is 14.2. The monoisotopic (exact) mass is 395 g/mol. The molecule has 1 saturated carbocycles. The van der Waals surface area contributed by atoms with Crippen molar-refractivity contribution in [2.45, 2.75) is 25.8 Å². The lowest BCUT2D eigenvalue weighted by Crippen LogP contribution is -2.25. The van der Waals surface area contributed by atoms with E-state index in [1.54, 1.807) is 30.3 Å². The number of carbonyl (C=O) groups is 2. The summed E-state index contributed by atoms with van der Waals surface area (Å²) in [6.07, 6.45) is 2.03. The molecule has 0 spiro atoms. The van der Waals surface area contributed by atoms with Gasteiger partial charge in [0.05, 0.1) is 5.02 Å². The van der Waals surface area contributed by atoms with Gasteiger partial charge in [-0.3, -0.25) is 9.59 Å². The van der Waals surface area contributed by atoms with Gasteiger partial charge in [0.1, 0.15) is 5.69 Å². The third-order valence-electron chi connectivity index (χ3n) is 4.54. The molecule has 142 valence electrons. The van der Waals surface area contributed by atoms with E-state index in [2.05, 4.69) is 15.8 Å². The van der Waals surface area contributed by atoms with E-state index in [0.29, 0.717) is 27.5 Å². The number of nitrogens with one attached hydrogen (secondary N) is 2. The standard InChI is InChI=1S/C21H18ClN3O3/c1-12-6-7-13(20(26)23-14-8-9-14)10-17(12)24-21(27)19-11-18(25-28-19)15-4-2-3-5-16(15)22/h2-7,10-11,14H,8-9H2,1H3,(H,23,26)(H,24,27). The first-order valence-electron chi connectivity index (χ1n) is 8.96. The Hall–Kier alpha value is -3.12. The molecule has 1 aliphatic rings. The highest BCUT2D eigenvalue weighted by Crippen LogP contribution is 2.27. The van der Waals surface area contributed by atoms with E-state index in [1.807, 2.05) is 19.1 Å². The average Bonchev–Trinajstić information content (AvgIpc) is 3.36. The summed E-state index contributed by atoms with van der Waals surface area (Å²) in [5.74, 6) is -0.533. The quantitative estimate of drug-likeness (QED) is 0.668. The number of nitrogens with zero attached hydrogens (tertiary/aromatic N) is 1. The van der Waals surface area contributed by atoms with Crippen LogP contribution in [0.15, 0.2) is 53.1 Å². The van der Waals surface area contributed by atoms with E-state index >= 15 is 0 Å². The van der Waals surface area contributed by atoms with Crippen LogP contribution in [-0.2, 0) is 0 Å². The molecule has 0 atom stereocenters. The molecule has 2 amide bonds. The number of halogens is 1. The average molecular weight is 396 g/mol. The summed E-state index contributed by atoms with van der Waals surface area (Å²) in [4.78, 5) is 24.8. The second kappa shape index (κ2) is 7.48. The second-order valence-corrected chi connectivity index (χ2v) is 7.20. The van der Waals surface area contributed by atoms with Crippen LogP contribution in [-0.4, -0.2) is 23.0 Å². The minimum atomic E-state index is -0.450. The maximum atomic E-state index is 12.6. The minimum absolute atomic E-state index is 0.0576. The first kappa shape index (κ1) is 18.3. The fraction of sp³-hybridized carbons (Fsp3) is 0.190. The maximum absolute atomic E-state index is 12.6. The van der Waals surface area contributed by atoms with Crippen molar-refractivity contribution in [1.29, 1.82) is 0 Å². The van der Waals surface area contributed by atoms with Gasteiger partial charge in [-0.2, -0.15) is 0 Å². The SMILES string of the molecule is Cc1ccc(C(=O)NC2CC2)cc1NC(=O)c1cc(-c2ccccc2Cl)no1. The lowest BCUT2D eigenvalue weighted by Gasteiger charge is -2.10. The first-order valence-corrected chi connectivity index (χ1v) is 9.33. The van der Waals surface area contributed by atoms with Crippen molar-refractivity contribution in [3.05, 3.63) is 70.4 Å². The van der Waals surface area contributed by atoms with Gasteiger partial charge in [0.2, 0.25) is 5.76 Å². The molecule has 1 aromatic heterocycles. The molecule has 1 heterocycles. The Balaban J connectivity index is 1.52. The fourth-order valence-electron chi connectivity index (χ4n) is 2.76. The Labute approximate surface area is 166 Å². The van der Waals surface area contributed by atoms with Gasteiger partial charge >= 0.3 is 0 Å². The number of benzene rings is 2. The molecular weight excluding hydrogens is 378 g/mol. The molecule has 1 aliphatic carbocycles. The van der Waals surface area contributed by atoms with Crippen LogP contribution in [0.1, 0.15) is 39.3 Å². The van der Waals surface area contributed by atoms with Crippen molar-refractivity contribution in [1.82, 2.24) is 10.5 Å². The van der Waals surface area contributed by atoms with E-state index in [4.69, 9.17) is 16.1 Å². The van der Waals surface area contributed by atoms with Crippen LogP contribution in [0.25, 0.3) is 11.3 Å². The molecule has 7 heteroatoms. The van der Waals surface area contributed by atoms with Crippen LogP contribution < -0.4 is 10.6 Å². The highest BCUT2D eigenvalue weighted by Gasteiger charge is 2.24. The molecule has 4 rings (SSSR count). The van der Waals surface area contributed by atoms with Crippen molar-refractivity contribution >= 4 is 29.1 Å². The molecule has 0 aliphatic heterocycles. The Morgan fingerprint density at radius 3 is 2.64 bits per heavy atom. The minimum Gasteiger partial charge on any atom is -0.350 e. The molecule has 3 aromatic rings. The molecule has 6 nitrogen and oxygen atoms in total. The lowest BCUT2D eigenvalue weighted by molar-refractivity contribution is 0.0948. The maximum Gasteiger partial charge on any atom is 0.294 e. The molecule has 2 N–H and O–H groups in total. The van der Waals surface area contributed by atoms with E-state index in [9.17, 15) is 9.59 Å². The van der Waals surface area contributed by atoms with E-state index in [1.165, 1.54) is 6.07 Å². The highest BCUT2D eigenvalue weighted by atomic mass is 35.5. The molecule has 0 radical (unpaired) electrons. The van der Waals surface area contributed by atoms with Crippen LogP contribution in [0.2, 0.25) is 5.02 Å². The van der Waals surface area contributed by atoms with E-state index in [-0.39, 0.29) is 17.7 Å². The number of carbonyl (C=O) groups excluding carboxylic acids is 2. The van der Waals surface area contributed by atoms with Gasteiger partial charge in [0, 0.05) is 28.9 Å². The molecule has 2 aromatic carbocycles. The fourth-order valence-corrected chi connectivity index (χ4v) is 2.99. The number of aromatic nitrogens is 1. The summed E-state index contributed by atoms with van der Waals surface area (Å²) in [5.41, 5.74) is 3.04. The summed E-state index contributed by atoms with van der Waals surface area (Å²) in [7, 11) is 0. The lowest BCUT2D eigenvalue weighted by atomic mass is 10.1. The topological polar surface area (TPSA) is 84.2 Å². The smallest absolute Gasteiger partial charge is 0.294 e. The molecule has 0 unspecified atom stereocenters. The Kier molecular flexibility index (Phi) is 4.88. The predicted octanol–water partition coefficient (Wildman–Crippen LogP) is 4.45. The van der Waals surface area contributed by atoms with Crippen molar-refractivity contribution in [2.24, 2.45) is 0 Å². The van der Waals surface area contributed by atoms with Gasteiger partial charge in [-0.15, -0.1) is 0 Å². The Morgan fingerprint density at radius 2 is 1.89 bits per heavy atom. The molecular formula is C21H18ClN3O3. The highest BCUT2D eigenvalue weighted by molar-refractivity contribution is 6.33. The number of aryl methyl sites for hydroxylation is 1. The number of anilines is 1. The largest absolute Gasteiger partial charge is 0.350 e. The Morgan fingerprint density at radius 1 is 1.11 bits per heavy atom.